The topological polar surface area (TPSA) is 55.0 Å². The molecule has 1 aliphatic rings. The number of aromatic amines is 1. The lowest BCUT2D eigenvalue weighted by Crippen LogP contribution is -2.22. The van der Waals surface area contributed by atoms with Crippen LogP contribution in [-0.4, -0.2) is 22.8 Å². The standard InChI is InChI=1S/C12H18N2O2/c1-4-16-11(15)10-8-5-6-12(2,3)7-9(8)13-14-10/h4-7H2,1-3H3,(H,13,14). The van der Waals surface area contributed by atoms with Crippen molar-refractivity contribution in [2.75, 3.05) is 6.61 Å². The van der Waals surface area contributed by atoms with Gasteiger partial charge in [0.2, 0.25) is 0 Å². The summed E-state index contributed by atoms with van der Waals surface area (Å²) in [6.45, 7) is 6.67. The zero-order valence-electron chi connectivity index (χ0n) is 10.1. The number of hydrogen-bond donors (Lipinski definition) is 1. The number of carbonyl (C=O) groups is 1. The fourth-order valence-electron chi connectivity index (χ4n) is 2.20. The number of ether oxygens (including phenoxy) is 1. The number of hydrogen-bond acceptors (Lipinski definition) is 3. The number of nitrogens with one attached hydrogen (secondary N) is 1. The zero-order chi connectivity index (χ0) is 11.8. The van der Waals surface area contributed by atoms with Gasteiger partial charge in [0.1, 0.15) is 5.69 Å². The Morgan fingerprint density at radius 1 is 1.56 bits per heavy atom. The van der Waals surface area contributed by atoms with E-state index in [1.165, 1.54) is 0 Å². The van der Waals surface area contributed by atoms with Gasteiger partial charge in [-0.1, -0.05) is 13.8 Å². The maximum absolute atomic E-state index is 11.6. The highest BCUT2D eigenvalue weighted by Crippen LogP contribution is 2.34. The minimum atomic E-state index is -0.282. The van der Waals surface area contributed by atoms with Crippen molar-refractivity contribution in [2.24, 2.45) is 5.41 Å². The smallest absolute Gasteiger partial charge is 0.356 e. The van der Waals surface area contributed by atoms with Crippen molar-refractivity contribution in [3.63, 3.8) is 0 Å². The first kappa shape index (κ1) is 11.2. The number of fused-ring (bicyclic) bond motifs is 1. The van der Waals surface area contributed by atoms with E-state index < -0.39 is 0 Å². The van der Waals surface area contributed by atoms with Gasteiger partial charge >= 0.3 is 5.97 Å². The first-order valence-electron chi connectivity index (χ1n) is 5.77. The Morgan fingerprint density at radius 2 is 2.31 bits per heavy atom. The van der Waals surface area contributed by atoms with Gasteiger partial charge in [0.25, 0.3) is 0 Å². The van der Waals surface area contributed by atoms with E-state index in [1.807, 2.05) is 6.92 Å². The summed E-state index contributed by atoms with van der Waals surface area (Å²) >= 11 is 0. The van der Waals surface area contributed by atoms with Crippen LogP contribution in [0.25, 0.3) is 0 Å². The lowest BCUT2D eigenvalue weighted by Gasteiger charge is -2.28. The van der Waals surface area contributed by atoms with E-state index in [9.17, 15) is 4.79 Å². The van der Waals surface area contributed by atoms with E-state index in [1.54, 1.807) is 0 Å². The normalized spacial score (nSPS) is 17.9. The highest BCUT2D eigenvalue weighted by molar-refractivity contribution is 5.89. The number of carbonyl (C=O) groups excluding carboxylic acids is 1. The van der Waals surface area contributed by atoms with Crippen LogP contribution in [0.2, 0.25) is 0 Å². The van der Waals surface area contributed by atoms with Crippen molar-refractivity contribution in [3.8, 4) is 0 Å². The third-order valence-corrected chi connectivity index (χ3v) is 3.13. The largest absolute Gasteiger partial charge is 0.461 e. The first-order chi connectivity index (χ1) is 7.53. The molecule has 2 rings (SSSR count). The average Bonchev–Trinajstić information content (AvgIpc) is 2.59. The fraction of sp³-hybridized carbons (Fsp3) is 0.667. The van der Waals surface area contributed by atoms with E-state index in [-0.39, 0.29) is 11.4 Å². The minimum Gasteiger partial charge on any atom is -0.461 e. The second-order valence-corrected chi connectivity index (χ2v) is 5.09. The molecule has 0 spiro atoms. The van der Waals surface area contributed by atoms with Crippen LogP contribution in [0.15, 0.2) is 0 Å². The number of aromatic nitrogens is 2. The number of esters is 1. The summed E-state index contributed by atoms with van der Waals surface area (Å²) in [7, 11) is 0. The predicted molar refractivity (Wildman–Crippen MR) is 60.4 cm³/mol. The van der Waals surface area contributed by atoms with Crippen LogP contribution in [0.1, 0.15) is 48.9 Å². The molecule has 0 fully saturated rings. The van der Waals surface area contributed by atoms with Gasteiger partial charge in [-0.15, -0.1) is 0 Å². The number of nitrogens with zero attached hydrogens (tertiary/aromatic N) is 1. The van der Waals surface area contributed by atoms with Crippen molar-refractivity contribution in [3.05, 3.63) is 17.0 Å². The van der Waals surface area contributed by atoms with E-state index in [2.05, 4.69) is 24.0 Å². The van der Waals surface area contributed by atoms with Crippen molar-refractivity contribution in [1.82, 2.24) is 10.2 Å². The molecule has 16 heavy (non-hydrogen) atoms. The van der Waals surface area contributed by atoms with Gasteiger partial charge in [-0.05, 0) is 31.6 Å². The highest BCUT2D eigenvalue weighted by atomic mass is 16.5. The Bertz CT molecular complexity index is 407. The summed E-state index contributed by atoms with van der Waals surface area (Å²) in [6.07, 6.45) is 2.93. The van der Waals surface area contributed by atoms with E-state index in [0.29, 0.717) is 12.3 Å². The lowest BCUT2D eigenvalue weighted by molar-refractivity contribution is 0.0517. The molecule has 0 aliphatic heterocycles. The summed E-state index contributed by atoms with van der Waals surface area (Å²) < 4.78 is 4.99. The van der Waals surface area contributed by atoms with Crippen molar-refractivity contribution >= 4 is 5.97 Å². The Hall–Kier alpha value is -1.32. The van der Waals surface area contributed by atoms with Crippen LogP contribution in [0.4, 0.5) is 0 Å². The number of H-pyrrole nitrogens is 1. The monoisotopic (exact) mass is 222 g/mol. The van der Waals surface area contributed by atoms with Crippen molar-refractivity contribution in [1.29, 1.82) is 0 Å². The predicted octanol–water partition coefficient (Wildman–Crippen LogP) is 2.10. The molecule has 0 saturated heterocycles. The van der Waals surface area contributed by atoms with Gasteiger partial charge in [-0.3, -0.25) is 5.10 Å². The summed E-state index contributed by atoms with van der Waals surface area (Å²) in [5.41, 5.74) is 2.91. The Labute approximate surface area is 95.4 Å². The molecule has 0 atom stereocenters. The maximum atomic E-state index is 11.6. The maximum Gasteiger partial charge on any atom is 0.356 e. The van der Waals surface area contributed by atoms with E-state index in [4.69, 9.17) is 4.74 Å². The molecule has 0 amide bonds. The molecule has 0 unspecified atom stereocenters. The van der Waals surface area contributed by atoms with Crippen LogP contribution in [-0.2, 0) is 17.6 Å². The summed E-state index contributed by atoms with van der Waals surface area (Å²) in [6, 6.07) is 0. The molecular weight excluding hydrogens is 204 g/mol. The summed E-state index contributed by atoms with van der Waals surface area (Å²) in [5.74, 6) is -0.282. The minimum absolute atomic E-state index is 0.282. The molecule has 0 radical (unpaired) electrons. The Morgan fingerprint density at radius 3 is 3.00 bits per heavy atom. The summed E-state index contributed by atoms with van der Waals surface area (Å²) in [5, 5.41) is 7.04. The van der Waals surface area contributed by atoms with Gasteiger partial charge in [0, 0.05) is 5.56 Å². The Balaban J connectivity index is 2.26. The van der Waals surface area contributed by atoms with Crippen LogP contribution in [0.5, 0.6) is 0 Å². The molecule has 0 aromatic carbocycles. The Kier molecular flexibility index (Phi) is 2.74. The van der Waals surface area contributed by atoms with Gasteiger partial charge in [-0.2, -0.15) is 5.10 Å². The quantitative estimate of drug-likeness (QED) is 0.780. The molecule has 1 heterocycles. The van der Waals surface area contributed by atoms with Crippen LogP contribution >= 0.6 is 0 Å². The molecule has 1 aromatic heterocycles. The molecule has 88 valence electrons. The first-order valence-corrected chi connectivity index (χ1v) is 5.77. The average molecular weight is 222 g/mol. The molecule has 1 aliphatic carbocycles. The number of rotatable bonds is 2. The van der Waals surface area contributed by atoms with Crippen LogP contribution in [0.3, 0.4) is 0 Å². The van der Waals surface area contributed by atoms with Gasteiger partial charge in [0.15, 0.2) is 0 Å². The lowest BCUT2D eigenvalue weighted by atomic mass is 9.76. The molecule has 1 aromatic rings. The molecule has 0 saturated carbocycles. The third kappa shape index (κ3) is 1.96. The van der Waals surface area contributed by atoms with Gasteiger partial charge in [0.05, 0.1) is 12.3 Å². The molecule has 0 bridgehead atoms. The third-order valence-electron chi connectivity index (χ3n) is 3.13. The van der Waals surface area contributed by atoms with E-state index >= 15 is 0 Å². The summed E-state index contributed by atoms with van der Waals surface area (Å²) in [4.78, 5) is 11.6. The molecular formula is C12H18N2O2. The van der Waals surface area contributed by atoms with Gasteiger partial charge in [-0.25, -0.2) is 4.79 Å². The van der Waals surface area contributed by atoms with Gasteiger partial charge < -0.3 is 4.74 Å². The van der Waals surface area contributed by atoms with E-state index in [0.717, 1.165) is 30.5 Å². The molecule has 4 heteroatoms. The van der Waals surface area contributed by atoms with Crippen LogP contribution < -0.4 is 0 Å². The second-order valence-electron chi connectivity index (χ2n) is 5.09. The molecule has 4 nitrogen and oxygen atoms in total. The fourth-order valence-corrected chi connectivity index (χ4v) is 2.20. The second kappa shape index (κ2) is 3.92. The van der Waals surface area contributed by atoms with Crippen LogP contribution in [0, 0.1) is 5.41 Å². The van der Waals surface area contributed by atoms with Crippen molar-refractivity contribution in [2.45, 2.75) is 40.0 Å². The highest BCUT2D eigenvalue weighted by Gasteiger charge is 2.30. The van der Waals surface area contributed by atoms with Crippen molar-refractivity contribution < 1.29 is 9.53 Å². The SMILES string of the molecule is CCOC(=O)c1[nH]nc2c1CCC(C)(C)C2. The molecule has 1 N–H and O–H groups in total. The zero-order valence-corrected chi connectivity index (χ0v) is 10.1.